The summed E-state index contributed by atoms with van der Waals surface area (Å²) in [5.74, 6) is 0. The third-order valence-electron chi connectivity index (χ3n) is 4.07. The fraction of sp³-hybridized carbons (Fsp3) is 0.600. The van der Waals surface area contributed by atoms with Gasteiger partial charge in [0.1, 0.15) is 4.90 Å². The van der Waals surface area contributed by atoms with Gasteiger partial charge in [0.25, 0.3) is 0 Å². The van der Waals surface area contributed by atoms with Gasteiger partial charge in [-0.15, -0.1) is 0 Å². The summed E-state index contributed by atoms with van der Waals surface area (Å²) < 4.78 is 51.2. The van der Waals surface area contributed by atoms with Crippen molar-refractivity contribution in [1.82, 2.24) is 9.62 Å². The van der Waals surface area contributed by atoms with E-state index in [2.05, 4.69) is 16.5 Å². The summed E-state index contributed by atoms with van der Waals surface area (Å²) >= 11 is 5.99. The van der Waals surface area contributed by atoms with E-state index in [-0.39, 0.29) is 20.9 Å². The van der Waals surface area contributed by atoms with Crippen molar-refractivity contribution in [1.29, 1.82) is 0 Å². The lowest BCUT2D eigenvalue weighted by Crippen LogP contribution is -2.44. The number of nitrogens with one attached hydrogen (secondary N) is 1. The molecule has 0 aliphatic carbocycles. The maximum atomic E-state index is 12.6. The first-order valence-corrected chi connectivity index (χ1v) is 11.6. The van der Waals surface area contributed by atoms with Gasteiger partial charge >= 0.3 is 0 Å². The number of rotatable bonds is 6. The van der Waals surface area contributed by atoms with Crippen LogP contribution in [0.25, 0.3) is 0 Å². The van der Waals surface area contributed by atoms with Crippen LogP contribution in [0.2, 0.25) is 5.02 Å². The van der Waals surface area contributed by atoms with E-state index in [1.165, 1.54) is 12.1 Å². The molecule has 0 aromatic heterocycles. The molecule has 0 atom stereocenters. The summed E-state index contributed by atoms with van der Waals surface area (Å²) in [6.07, 6.45) is 3.55. The monoisotopic (exact) mass is 394 g/mol. The minimum absolute atomic E-state index is 0.0123. The molecule has 0 bridgehead atoms. The first-order valence-electron chi connectivity index (χ1n) is 7.88. The van der Waals surface area contributed by atoms with Crippen LogP contribution in [0.1, 0.15) is 26.2 Å². The topological polar surface area (TPSA) is 83.6 Å². The van der Waals surface area contributed by atoms with Crippen molar-refractivity contribution in [3.63, 3.8) is 0 Å². The number of halogens is 1. The molecule has 136 valence electrons. The fourth-order valence-electron chi connectivity index (χ4n) is 2.79. The predicted molar refractivity (Wildman–Crippen MR) is 94.6 cm³/mol. The van der Waals surface area contributed by atoms with Gasteiger partial charge in [-0.2, -0.15) is 0 Å². The summed E-state index contributed by atoms with van der Waals surface area (Å²) in [4.78, 5) is 2.05. The minimum Gasteiger partial charge on any atom is -0.303 e. The zero-order valence-electron chi connectivity index (χ0n) is 13.8. The minimum atomic E-state index is -3.87. The zero-order chi connectivity index (χ0) is 18.0. The van der Waals surface area contributed by atoms with Gasteiger partial charge in [0, 0.05) is 12.3 Å². The van der Waals surface area contributed by atoms with Gasteiger partial charge < -0.3 is 4.90 Å². The number of benzene rings is 1. The van der Waals surface area contributed by atoms with E-state index in [1.807, 2.05) is 0 Å². The molecular weight excluding hydrogens is 372 g/mol. The van der Waals surface area contributed by atoms with E-state index < -0.39 is 19.9 Å². The Bertz CT molecular complexity index is 786. The number of nitrogens with zero attached hydrogens (tertiary/aromatic N) is 1. The molecule has 1 saturated heterocycles. The number of likely N-dealkylation sites (tertiary alicyclic amines) is 1. The molecule has 9 heteroatoms. The second-order valence-electron chi connectivity index (χ2n) is 6.10. The lowest BCUT2D eigenvalue weighted by Gasteiger charge is -2.31. The van der Waals surface area contributed by atoms with Crippen LogP contribution in [-0.2, 0) is 19.9 Å². The Kier molecular flexibility index (Phi) is 6.30. The number of hydrogen-bond acceptors (Lipinski definition) is 5. The average molecular weight is 395 g/mol. The smallest absolute Gasteiger partial charge is 0.242 e. The largest absolute Gasteiger partial charge is 0.303 e. The highest BCUT2D eigenvalue weighted by molar-refractivity contribution is 7.91. The normalized spacial score (nSPS) is 18.0. The van der Waals surface area contributed by atoms with Crippen LogP contribution in [-0.4, -0.2) is 53.7 Å². The number of hydrogen-bond donors (Lipinski definition) is 1. The highest BCUT2D eigenvalue weighted by atomic mass is 35.5. The Hall–Kier alpha value is -0.670. The molecule has 1 aromatic carbocycles. The molecule has 0 amide bonds. The third-order valence-corrected chi connectivity index (χ3v) is 7.18. The molecule has 0 unspecified atom stereocenters. The molecule has 2 rings (SSSR count). The summed E-state index contributed by atoms with van der Waals surface area (Å²) in [5, 5.41) is 0.0123. The lowest BCUT2D eigenvalue weighted by atomic mass is 10.1. The van der Waals surface area contributed by atoms with Crippen LogP contribution in [0.5, 0.6) is 0 Å². The fourth-order valence-corrected chi connectivity index (χ4v) is 5.35. The summed E-state index contributed by atoms with van der Waals surface area (Å²) in [7, 11) is -7.37. The van der Waals surface area contributed by atoms with Gasteiger partial charge in [0.05, 0.1) is 9.92 Å². The number of sulfone groups is 1. The molecular formula is C15H23ClN2O4S2. The van der Waals surface area contributed by atoms with E-state index in [1.54, 1.807) is 0 Å². The maximum absolute atomic E-state index is 12.6. The van der Waals surface area contributed by atoms with Crippen LogP contribution in [0.3, 0.4) is 0 Å². The quantitative estimate of drug-likeness (QED) is 0.796. The first-order chi connectivity index (χ1) is 11.1. The van der Waals surface area contributed by atoms with Gasteiger partial charge in [-0.3, -0.25) is 0 Å². The van der Waals surface area contributed by atoms with Gasteiger partial charge in [-0.1, -0.05) is 18.5 Å². The third kappa shape index (κ3) is 4.92. The Balaban J connectivity index is 2.17. The van der Waals surface area contributed by atoms with Crippen LogP contribution in [0.15, 0.2) is 28.0 Å². The molecule has 1 aliphatic rings. The van der Waals surface area contributed by atoms with Crippen LogP contribution < -0.4 is 4.72 Å². The highest BCUT2D eigenvalue weighted by Crippen LogP contribution is 2.25. The Morgan fingerprint density at radius 3 is 2.38 bits per heavy atom. The summed E-state index contributed by atoms with van der Waals surface area (Å²) in [6.45, 7) is 4.82. The van der Waals surface area contributed by atoms with E-state index in [0.29, 0.717) is 0 Å². The average Bonchev–Trinajstić information content (AvgIpc) is 2.48. The van der Waals surface area contributed by atoms with E-state index in [9.17, 15) is 16.8 Å². The van der Waals surface area contributed by atoms with Crippen molar-refractivity contribution >= 4 is 31.5 Å². The Labute approximate surface area is 149 Å². The predicted octanol–water partition coefficient (Wildman–Crippen LogP) is 1.90. The molecule has 1 fully saturated rings. The molecule has 24 heavy (non-hydrogen) atoms. The summed E-state index contributed by atoms with van der Waals surface area (Å²) in [5.41, 5.74) is 0. The van der Waals surface area contributed by atoms with Crippen molar-refractivity contribution in [3.05, 3.63) is 23.2 Å². The molecule has 0 saturated carbocycles. The first kappa shape index (κ1) is 19.7. The maximum Gasteiger partial charge on any atom is 0.242 e. The molecule has 6 nitrogen and oxygen atoms in total. The van der Waals surface area contributed by atoms with Crippen LogP contribution in [0.4, 0.5) is 0 Å². The van der Waals surface area contributed by atoms with Crippen molar-refractivity contribution in [3.8, 4) is 0 Å². The molecule has 1 heterocycles. The number of piperidine rings is 1. The van der Waals surface area contributed by atoms with Crippen LogP contribution in [0, 0.1) is 0 Å². The molecule has 1 aromatic rings. The van der Waals surface area contributed by atoms with Gasteiger partial charge in [-0.05, 0) is 57.1 Å². The van der Waals surface area contributed by atoms with Crippen molar-refractivity contribution in [2.75, 3.05) is 25.9 Å². The highest BCUT2D eigenvalue weighted by Gasteiger charge is 2.26. The standard InChI is InChI=1S/C15H23ClN2O4S2/c1-3-8-18-9-6-12(7-10-18)17-24(21,22)15-11-13(23(2,19)20)4-5-14(15)16/h4-5,11-12,17H,3,6-10H2,1-2H3. The number of sulfonamides is 1. The molecule has 1 N–H and O–H groups in total. The van der Waals surface area contributed by atoms with Gasteiger partial charge in [0.2, 0.25) is 10.0 Å². The Morgan fingerprint density at radius 1 is 1.21 bits per heavy atom. The summed E-state index contributed by atoms with van der Waals surface area (Å²) in [6, 6.07) is 3.56. The van der Waals surface area contributed by atoms with E-state index in [0.717, 1.165) is 51.2 Å². The zero-order valence-corrected chi connectivity index (χ0v) is 16.2. The molecule has 0 radical (unpaired) electrons. The second kappa shape index (κ2) is 7.70. The molecule has 0 spiro atoms. The van der Waals surface area contributed by atoms with E-state index >= 15 is 0 Å². The molecule has 1 aliphatic heterocycles. The van der Waals surface area contributed by atoms with Gasteiger partial charge in [-0.25, -0.2) is 21.6 Å². The van der Waals surface area contributed by atoms with Crippen molar-refractivity contribution in [2.24, 2.45) is 0 Å². The van der Waals surface area contributed by atoms with Crippen molar-refractivity contribution < 1.29 is 16.8 Å². The van der Waals surface area contributed by atoms with E-state index in [4.69, 9.17) is 11.6 Å². The Morgan fingerprint density at radius 2 is 1.83 bits per heavy atom. The lowest BCUT2D eigenvalue weighted by molar-refractivity contribution is 0.208. The van der Waals surface area contributed by atoms with Crippen molar-refractivity contribution in [2.45, 2.75) is 42.0 Å². The SMILES string of the molecule is CCCN1CCC(NS(=O)(=O)c2cc(S(C)(=O)=O)ccc2Cl)CC1. The van der Waals surface area contributed by atoms with Gasteiger partial charge in [0.15, 0.2) is 9.84 Å². The second-order valence-corrected chi connectivity index (χ2v) is 10.2. The van der Waals surface area contributed by atoms with Crippen LogP contribution >= 0.6 is 11.6 Å².